The molecule has 0 saturated carbocycles. The Morgan fingerprint density at radius 3 is 2.61 bits per heavy atom. The molecule has 0 saturated heterocycles. The summed E-state index contributed by atoms with van der Waals surface area (Å²) in [5.41, 5.74) is 8.99. The smallest absolute Gasteiger partial charge is 0.125 e. The van der Waals surface area contributed by atoms with Crippen molar-refractivity contribution in [3.63, 3.8) is 0 Å². The minimum Gasteiger partial charge on any atom is -0.384 e. The zero-order valence-corrected chi connectivity index (χ0v) is 12.2. The van der Waals surface area contributed by atoms with Crippen LogP contribution in [0.15, 0.2) is 11.1 Å². The van der Waals surface area contributed by atoms with Gasteiger partial charge in [0.25, 0.3) is 0 Å². The second-order valence-electron chi connectivity index (χ2n) is 5.78. The van der Waals surface area contributed by atoms with Crippen LogP contribution in [0.4, 0.5) is 0 Å². The van der Waals surface area contributed by atoms with Gasteiger partial charge in [0.2, 0.25) is 0 Å². The summed E-state index contributed by atoms with van der Waals surface area (Å²) in [5, 5.41) is 8.64. The van der Waals surface area contributed by atoms with Gasteiger partial charge in [0.15, 0.2) is 0 Å². The van der Waals surface area contributed by atoms with Crippen LogP contribution in [0, 0.1) is 5.41 Å². The molecule has 0 atom stereocenters. The molecule has 3 nitrogen and oxygen atoms in total. The Hall–Kier alpha value is -1.03. The molecule has 0 unspecified atom stereocenters. The highest BCUT2D eigenvalue weighted by atomic mass is 32.2. The van der Waals surface area contributed by atoms with Crippen LogP contribution in [0.3, 0.4) is 0 Å². The van der Waals surface area contributed by atoms with E-state index in [9.17, 15) is 0 Å². The van der Waals surface area contributed by atoms with E-state index in [4.69, 9.17) is 16.1 Å². The summed E-state index contributed by atoms with van der Waals surface area (Å²) in [6.07, 6.45) is 4.57. The topological polar surface area (TPSA) is 62.8 Å². The van der Waals surface area contributed by atoms with Crippen molar-refractivity contribution in [2.45, 2.75) is 56.2 Å². The molecular weight excluding hydrogens is 242 g/mol. The van der Waals surface area contributed by atoms with Gasteiger partial charge in [-0.3, -0.25) is 5.41 Å². The first kappa shape index (κ1) is 13.4. The van der Waals surface area contributed by atoms with Gasteiger partial charge < -0.3 is 5.73 Å². The molecule has 3 N–H and O–H groups in total. The van der Waals surface area contributed by atoms with Gasteiger partial charge in [-0.1, -0.05) is 32.5 Å². The second kappa shape index (κ2) is 4.92. The summed E-state index contributed by atoms with van der Waals surface area (Å²) < 4.78 is 0.0834. The van der Waals surface area contributed by atoms with Crippen molar-refractivity contribution in [3.8, 4) is 0 Å². The number of hydrogen-bond donors (Lipinski definition) is 2. The number of amidine groups is 1. The molecular formula is C14H21N3S. The molecule has 0 radical (unpaired) electrons. The maximum atomic E-state index is 7.73. The van der Waals surface area contributed by atoms with E-state index in [2.05, 4.69) is 26.8 Å². The fourth-order valence-corrected chi connectivity index (χ4v) is 3.19. The molecule has 0 aromatic carbocycles. The average molecular weight is 263 g/mol. The number of nitrogens with one attached hydrogen (secondary N) is 1. The molecule has 1 aromatic rings. The second-order valence-corrected chi connectivity index (χ2v) is 7.60. The van der Waals surface area contributed by atoms with E-state index in [0.717, 1.165) is 23.4 Å². The fraction of sp³-hybridized carbons (Fsp3) is 0.571. The Balaban J connectivity index is 2.45. The Bertz CT molecular complexity index is 475. The molecule has 1 heterocycles. The molecule has 18 heavy (non-hydrogen) atoms. The van der Waals surface area contributed by atoms with Gasteiger partial charge in [0.1, 0.15) is 10.9 Å². The lowest BCUT2D eigenvalue weighted by atomic mass is 9.95. The maximum Gasteiger partial charge on any atom is 0.125 e. The van der Waals surface area contributed by atoms with Crippen molar-refractivity contribution in [1.82, 2.24) is 4.98 Å². The summed E-state index contributed by atoms with van der Waals surface area (Å²) in [5.74, 6) is 0.127. The summed E-state index contributed by atoms with van der Waals surface area (Å²) in [4.78, 5) is 4.76. The minimum absolute atomic E-state index is 0.0834. The molecule has 0 fully saturated rings. The largest absolute Gasteiger partial charge is 0.384 e. The Morgan fingerprint density at radius 2 is 2.00 bits per heavy atom. The molecule has 0 spiro atoms. The summed E-state index contributed by atoms with van der Waals surface area (Å²) >= 11 is 1.70. The third-order valence-corrected chi connectivity index (χ3v) is 4.08. The number of nitrogens with zero attached hydrogens (tertiary/aromatic N) is 1. The van der Waals surface area contributed by atoms with Crippen LogP contribution in [-0.4, -0.2) is 15.6 Å². The van der Waals surface area contributed by atoms with E-state index in [1.807, 2.05) is 0 Å². The minimum atomic E-state index is 0.0834. The van der Waals surface area contributed by atoms with Crippen LogP contribution in [0.2, 0.25) is 0 Å². The summed E-state index contributed by atoms with van der Waals surface area (Å²) in [6.45, 7) is 6.47. The van der Waals surface area contributed by atoms with Gasteiger partial charge in [-0.05, 0) is 37.3 Å². The molecule has 1 aliphatic carbocycles. The van der Waals surface area contributed by atoms with Crippen molar-refractivity contribution < 1.29 is 0 Å². The van der Waals surface area contributed by atoms with Crippen molar-refractivity contribution >= 4 is 17.6 Å². The van der Waals surface area contributed by atoms with Crippen LogP contribution in [0.1, 0.15) is 50.4 Å². The van der Waals surface area contributed by atoms with Crippen molar-refractivity contribution in [2.24, 2.45) is 5.73 Å². The molecule has 0 amide bonds. The number of aryl methyl sites for hydroxylation is 2. The van der Waals surface area contributed by atoms with Gasteiger partial charge in [-0.25, -0.2) is 4.98 Å². The van der Waals surface area contributed by atoms with Gasteiger partial charge in [0.05, 0.1) is 0 Å². The van der Waals surface area contributed by atoms with Gasteiger partial charge >= 0.3 is 0 Å². The van der Waals surface area contributed by atoms with Crippen LogP contribution in [0.25, 0.3) is 0 Å². The van der Waals surface area contributed by atoms with Gasteiger partial charge in [0, 0.05) is 16.0 Å². The number of hydrogen-bond acceptors (Lipinski definition) is 3. The monoisotopic (exact) mass is 263 g/mol. The number of rotatable bonds is 2. The molecule has 0 aliphatic heterocycles. The number of nitrogen functional groups attached to an aromatic ring is 1. The fourth-order valence-electron chi connectivity index (χ4n) is 2.18. The SMILES string of the molecule is CC(C)(C)Sc1nc2c(cc1C(=N)N)CCCC2. The van der Waals surface area contributed by atoms with Gasteiger partial charge in [-0.15, -0.1) is 0 Å². The molecule has 98 valence electrons. The number of nitrogens with two attached hydrogens (primary N) is 1. The average Bonchev–Trinajstić information content (AvgIpc) is 2.25. The van der Waals surface area contributed by atoms with E-state index in [0.29, 0.717) is 0 Å². The van der Waals surface area contributed by atoms with Crippen LogP contribution < -0.4 is 5.73 Å². The predicted octanol–water partition coefficient (Wildman–Crippen LogP) is 3.14. The first-order chi connectivity index (χ1) is 8.37. The molecule has 4 heteroatoms. The number of thioether (sulfide) groups is 1. The summed E-state index contributed by atoms with van der Waals surface area (Å²) in [6, 6.07) is 2.08. The van der Waals surface area contributed by atoms with Gasteiger partial charge in [-0.2, -0.15) is 0 Å². The lowest BCUT2D eigenvalue weighted by molar-refractivity contribution is 0.659. The Labute approximate surface area is 113 Å². The van der Waals surface area contributed by atoms with Crippen molar-refractivity contribution in [2.75, 3.05) is 0 Å². The standard InChI is InChI=1S/C14H21N3S/c1-14(2,3)18-13-10(12(15)16)8-9-6-4-5-7-11(9)17-13/h8H,4-7H2,1-3H3,(H3,15,16). The lowest BCUT2D eigenvalue weighted by Gasteiger charge is -2.22. The maximum absolute atomic E-state index is 7.73. The quantitative estimate of drug-likeness (QED) is 0.489. The zero-order chi connectivity index (χ0) is 13.3. The first-order valence-electron chi connectivity index (χ1n) is 6.43. The van der Waals surface area contributed by atoms with Crippen LogP contribution in [0.5, 0.6) is 0 Å². The molecule has 0 bridgehead atoms. The Morgan fingerprint density at radius 1 is 1.33 bits per heavy atom. The van der Waals surface area contributed by atoms with E-state index in [1.165, 1.54) is 24.1 Å². The Kier molecular flexibility index (Phi) is 3.66. The normalized spacial score (nSPS) is 15.3. The van der Waals surface area contributed by atoms with Crippen LogP contribution >= 0.6 is 11.8 Å². The highest BCUT2D eigenvalue weighted by Crippen LogP contribution is 2.34. The number of fused-ring (bicyclic) bond motifs is 1. The molecule has 1 aromatic heterocycles. The van der Waals surface area contributed by atoms with E-state index in [1.54, 1.807) is 11.8 Å². The third-order valence-electron chi connectivity index (χ3n) is 2.96. The van der Waals surface area contributed by atoms with Crippen LogP contribution in [-0.2, 0) is 12.8 Å². The zero-order valence-electron chi connectivity index (χ0n) is 11.3. The highest BCUT2D eigenvalue weighted by molar-refractivity contribution is 8.00. The van der Waals surface area contributed by atoms with E-state index < -0.39 is 0 Å². The first-order valence-corrected chi connectivity index (χ1v) is 7.25. The van der Waals surface area contributed by atoms with E-state index >= 15 is 0 Å². The third kappa shape index (κ3) is 3.05. The summed E-state index contributed by atoms with van der Waals surface area (Å²) in [7, 11) is 0. The lowest BCUT2D eigenvalue weighted by Crippen LogP contribution is -2.18. The van der Waals surface area contributed by atoms with Crippen molar-refractivity contribution in [1.29, 1.82) is 5.41 Å². The highest BCUT2D eigenvalue weighted by Gasteiger charge is 2.21. The number of pyridine rings is 1. The number of aromatic nitrogens is 1. The molecule has 2 rings (SSSR count). The van der Waals surface area contributed by atoms with E-state index in [-0.39, 0.29) is 10.6 Å². The predicted molar refractivity (Wildman–Crippen MR) is 77.5 cm³/mol. The molecule has 1 aliphatic rings. The van der Waals surface area contributed by atoms with Crippen molar-refractivity contribution in [3.05, 3.63) is 22.9 Å².